The monoisotopic (exact) mass is 444 g/mol. The lowest BCUT2D eigenvalue weighted by Crippen LogP contribution is -2.44. The number of nitrogens with zero attached hydrogens (tertiary/aromatic N) is 7. The fourth-order valence-corrected chi connectivity index (χ4v) is 3.97. The molecule has 1 aromatic carbocycles. The van der Waals surface area contributed by atoms with Crippen molar-refractivity contribution in [2.24, 2.45) is 5.73 Å². The number of hydrogen-bond donors (Lipinski definition) is 1. The van der Waals surface area contributed by atoms with E-state index in [-0.39, 0.29) is 12.1 Å². The van der Waals surface area contributed by atoms with Crippen molar-refractivity contribution < 1.29 is 0 Å². The Morgan fingerprint density at radius 3 is 2.64 bits per heavy atom. The Morgan fingerprint density at radius 2 is 1.91 bits per heavy atom. The smallest absolute Gasteiger partial charge is 0.293 e. The van der Waals surface area contributed by atoms with Crippen LogP contribution in [0.5, 0.6) is 0 Å². The van der Waals surface area contributed by atoms with Crippen molar-refractivity contribution in [3.63, 3.8) is 0 Å². The van der Waals surface area contributed by atoms with E-state index in [4.69, 9.17) is 5.73 Å². The summed E-state index contributed by atoms with van der Waals surface area (Å²) < 4.78 is 3.20. The van der Waals surface area contributed by atoms with Crippen LogP contribution in [0.25, 0.3) is 21.9 Å². The van der Waals surface area contributed by atoms with E-state index < -0.39 is 5.54 Å². The average Bonchev–Trinajstić information content (AvgIpc) is 3.12. The summed E-state index contributed by atoms with van der Waals surface area (Å²) in [6.07, 6.45) is 1.60. The molecule has 4 rings (SSSR count). The van der Waals surface area contributed by atoms with Crippen molar-refractivity contribution in [2.45, 2.75) is 46.3 Å². The van der Waals surface area contributed by atoms with Gasteiger partial charge in [-0.1, -0.05) is 24.1 Å². The maximum atomic E-state index is 13.5. The molecule has 9 nitrogen and oxygen atoms in total. The third-order valence-electron chi connectivity index (χ3n) is 5.26. The first-order valence-corrected chi connectivity index (χ1v) is 10.8. The van der Waals surface area contributed by atoms with Crippen LogP contribution in [-0.2, 0) is 13.1 Å². The highest BCUT2D eigenvalue weighted by Gasteiger charge is 2.22. The van der Waals surface area contributed by atoms with Gasteiger partial charge in [0, 0.05) is 30.2 Å². The molecule has 170 valence electrons. The average molecular weight is 445 g/mol. The zero-order valence-electron chi connectivity index (χ0n) is 19.6. The van der Waals surface area contributed by atoms with Gasteiger partial charge in [0.15, 0.2) is 5.82 Å². The van der Waals surface area contributed by atoms with E-state index in [2.05, 4.69) is 31.9 Å². The Morgan fingerprint density at radius 1 is 1.15 bits per heavy atom. The zero-order valence-corrected chi connectivity index (χ0v) is 19.6. The largest absolute Gasteiger partial charge is 0.343 e. The minimum Gasteiger partial charge on any atom is -0.343 e. The number of aromatic nitrogens is 6. The third kappa shape index (κ3) is 4.56. The predicted molar refractivity (Wildman–Crippen MR) is 130 cm³/mol. The van der Waals surface area contributed by atoms with Crippen molar-refractivity contribution in [2.75, 3.05) is 18.5 Å². The van der Waals surface area contributed by atoms with Crippen LogP contribution in [-0.4, -0.2) is 48.4 Å². The summed E-state index contributed by atoms with van der Waals surface area (Å²) in [4.78, 5) is 29.3. The van der Waals surface area contributed by atoms with Crippen molar-refractivity contribution in [1.29, 1.82) is 0 Å². The van der Waals surface area contributed by atoms with E-state index in [1.54, 1.807) is 13.1 Å². The number of likely N-dealkylation sites (N-methyl/N-ethyl adjacent to an activating group) is 1. The topological polar surface area (TPSA) is 108 Å². The molecule has 0 bridgehead atoms. The second-order valence-electron chi connectivity index (χ2n) is 8.85. The molecule has 2 N–H and O–H groups in total. The van der Waals surface area contributed by atoms with Crippen LogP contribution in [0.1, 0.15) is 32.3 Å². The molecule has 9 heteroatoms. The van der Waals surface area contributed by atoms with Gasteiger partial charge in [0.2, 0.25) is 5.95 Å². The maximum Gasteiger partial charge on any atom is 0.293 e. The number of fused-ring (bicyclic) bond motifs is 2. The lowest BCUT2D eigenvalue weighted by atomic mass is 10.1. The number of aryl methyl sites for hydroxylation is 1. The fraction of sp³-hybridized carbons (Fsp3) is 0.375. The van der Waals surface area contributed by atoms with Crippen molar-refractivity contribution in [3.8, 4) is 11.8 Å². The molecule has 4 aromatic rings. The van der Waals surface area contributed by atoms with E-state index in [1.165, 1.54) is 4.68 Å². The van der Waals surface area contributed by atoms with Crippen LogP contribution in [0.15, 0.2) is 35.3 Å². The molecule has 33 heavy (non-hydrogen) atoms. The van der Waals surface area contributed by atoms with Gasteiger partial charge < -0.3 is 10.6 Å². The molecule has 0 saturated heterocycles. The first kappa shape index (κ1) is 22.4. The molecule has 0 amide bonds. The second-order valence-corrected chi connectivity index (χ2v) is 8.85. The quantitative estimate of drug-likeness (QED) is 0.454. The van der Waals surface area contributed by atoms with Crippen LogP contribution in [0.2, 0.25) is 0 Å². The minimum atomic E-state index is -0.433. The van der Waals surface area contributed by atoms with Crippen LogP contribution in [0.3, 0.4) is 0 Å². The van der Waals surface area contributed by atoms with Crippen molar-refractivity contribution >= 4 is 27.9 Å². The number of para-hydroxylation sites is 1. The molecule has 0 aliphatic carbocycles. The summed E-state index contributed by atoms with van der Waals surface area (Å²) >= 11 is 0. The summed E-state index contributed by atoms with van der Waals surface area (Å²) in [6.45, 7) is 8.65. The molecular weight excluding hydrogens is 416 g/mol. The first-order valence-electron chi connectivity index (χ1n) is 10.8. The summed E-state index contributed by atoms with van der Waals surface area (Å²) in [7, 11) is 1.91. The molecule has 0 unspecified atom stereocenters. The zero-order chi connectivity index (χ0) is 23.8. The summed E-state index contributed by atoms with van der Waals surface area (Å²) in [5, 5.41) is 5.34. The van der Waals surface area contributed by atoms with Crippen molar-refractivity contribution in [3.05, 3.63) is 52.3 Å². The van der Waals surface area contributed by atoms with Crippen LogP contribution in [0, 0.1) is 18.8 Å². The standard InChI is InChI=1S/C24H28N8O/c1-6-7-12-31-21-19(29-23(31)30(5)15-24(3,4)25)13-26-32(22(21)33)14-20-27-16(2)17-10-8-9-11-18(17)28-20/h8-11,13H,12,14-15,25H2,1-5H3. The van der Waals surface area contributed by atoms with Crippen molar-refractivity contribution in [1.82, 2.24) is 29.3 Å². The van der Waals surface area contributed by atoms with Gasteiger partial charge in [-0.25, -0.2) is 19.6 Å². The van der Waals surface area contributed by atoms with Gasteiger partial charge >= 0.3 is 0 Å². The SMILES string of the molecule is CC#CCn1c(N(C)CC(C)(C)N)nc2cnn(Cc3nc(C)c4ccccc4n3)c(=O)c21. The molecule has 0 atom stereocenters. The van der Waals surface area contributed by atoms with Crippen LogP contribution >= 0.6 is 0 Å². The molecular formula is C24H28N8O. The van der Waals surface area contributed by atoms with Gasteiger partial charge in [0.05, 0.1) is 18.3 Å². The van der Waals surface area contributed by atoms with E-state index in [0.29, 0.717) is 35.9 Å². The van der Waals surface area contributed by atoms with E-state index in [1.807, 2.05) is 61.6 Å². The Balaban J connectivity index is 1.80. The molecule has 0 fully saturated rings. The molecule has 3 heterocycles. The molecule has 0 aliphatic rings. The molecule has 3 aromatic heterocycles. The minimum absolute atomic E-state index is 0.159. The lowest BCUT2D eigenvalue weighted by molar-refractivity contribution is 0.512. The molecule has 0 aliphatic heterocycles. The van der Waals surface area contributed by atoms with E-state index >= 15 is 0 Å². The number of benzene rings is 1. The normalized spacial score (nSPS) is 11.6. The van der Waals surface area contributed by atoms with Gasteiger partial charge in [0.25, 0.3) is 5.56 Å². The summed E-state index contributed by atoms with van der Waals surface area (Å²) in [5.41, 5.74) is 8.18. The van der Waals surface area contributed by atoms with Gasteiger partial charge in [0.1, 0.15) is 17.6 Å². The number of rotatable bonds is 6. The molecule has 0 radical (unpaired) electrons. The summed E-state index contributed by atoms with van der Waals surface area (Å²) in [5.74, 6) is 7.10. The molecule has 0 saturated carbocycles. The Hall–Kier alpha value is -3.77. The Labute approximate surface area is 192 Å². The molecule has 0 spiro atoms. The Kier molecular flexibility index (Phi) is 5.87. The van der Waals surface area contributed by atoms with E-state index in [0.717, 1.165) is 16.6 Å². The second kappa shape index (κ2) is 8.64. The maximum absolute atomic E-state index is 13.5. The Bertz CT molecular complexity index is 1450. The van der Waals surface area contributed by atoms with Crippen LogP contribution < -0.4 is 16.2 Å². The van der Waals surface area contributed by atoms with Gasteiger partial charge in [-0.15, -0.1) is 5.92 Å². The highest BCUT2D eigenvalue weighted by molar-refractivity contribution is 5.80. The number of hydrogen-bond acceptors (Lipinski definition) is 7. The van der Waals surface area contributed by atoms with Gasteiger partial charge in [-0.3, -0.25) is 9.36 Å². The highest BCUT2D eigenvalue weighted by atomic mass is 16.1. The predicted octanol–water partition coefficient (Wildman–Crippen LogP) is 2.09. The van der Waals surface area contributed by atoms with Gasteiger partial charge in [-0.2, -0.15) is 5.10 Å². The van der Waals surface area contributed by atoms with Gasteiger partial charge in [-0.05, 0) is 33.8 Å². The van der Waals surface area contributed by atoms with E-state index in [9.17, 15) is 4.79 Å². The third-order valence-corrected chi connectivity index (χ3v) is 5.26. The number of anilines is 1. The first-order chi connectivity index (χ1) is 15.7. The lowest BCUT2D eigenvalue weighted by Gasteiger charge is -2.27. The fourth-order valence-electron chi connectivity index (χ4n) is 3.97. The number of imidazole rings is 1. The number of nitrogens with two attached hydrogens (primary N) is 1. The highest BCUT2D eigenvalue weighted by Crippen LogP contribution is 2.20. The summed E-state index contributed by atoms with van der Waals surface area (Å²) in [6, 6.07) is 7.81. The van der Waals surface area contributed by atoms with Crippen LogP contribution in [0.4, 0.5) is 5.95 Å².